The molecule has 98 valence electrons. The van der Waals surface area contributed by atoms with E-state index >= 15 is 0 Å². The van der Waals surface area contributed by atoms with Gasteiger partial charge in [-0.05, 0) is 6.07 Å². The molecule has 0 atom stereocenters. The largest absolute Gasteiger partial charge is 0.298 e. The Morgan fingerprint density at radius 2 is 2.26 bits per heavy atom. The van der Waals surface area contributed by atoms with E-state index in [1.165, 1.54) is 36.9 Å². The van der Waals surface area contributed by atoms with Crippen LogP contribution in [0, 0.1) is 22.0 Å². The first-order valence-corrected chi connectivity index (χ1v) is 6.39. The molecule has 1 aromatic carbocycles. The zero-order valence-electron chi connectivity index (χ0n) is 10.2. The van der Waals surface area contributed by atoms with E-state index in [1.807, 2.05) is 0 Å². The molecule has 0 spiro atoms. The van der Waals surface area contributed by atoms with Crippen LogP contribution in [0.15, 0.2) is 18.2 Å². The lowest BCUT2D eigenvalue weighted by atomic mass is 10.1. The third kappa shape index (κ3) is 4.94. The molecule has 19 heavy (non-hydrogen) atoms. The quantitative estimate of drug-likeness (QED) is 0.278. The Morgan fingerprint density at radius 1 is 1.53 bits per heavy atom. The van der Waals surface area contributed by atoms with E-state index in [0.717, 1.165) is 0 Å². The molecule has 0 aromatic heterocycles. The van der Waals surface area contributed by atoms with Gasteiger partial charge in [0.1, 0.15) is 0 Å². The first kappa shape index (κ1) is 14.9. The molecule has 0 saturated heterocycles. The summed E-state index contributed by atoms with van der Waals surface area (Å²) in [5, 5.41) is 10.6. The second-order valence-corrected chi connectivity index (χ2v) is 4.81. The van der Waals surface area contributed by atoms with Crippen LogP contribution in [0.4, 0.5) is 5.69 Å². The Bertz CT molecular complexity index is 572. The van der Waals surface area contributed by atoms with E-state index in [-0.39, 0.29) is 16.4 Å². The van der Waals surface area contributed by atoms with Crippen LogP contribution in [-0.4, -0.2) is 22.1 Å². The average Bonchev–Trinajstić information content (AvgIpc) is 2.37. The lowest BCUT2D eigenvalue weighted by molar-refractivity contribution is -0.384. The van der Waals surface area contributed by atoms with E-state index in [1.54, 1.807) is 0 Å². The second kappa shape index (κ2) is 7.34. The monoisotopic (exact) mass is 277 g/mol. The number of benzene rings is 1. The Kier molecular flexibility index (Phi) is 5.76. The molecule has 6 heteroatoms. The summed E-state index contributed by atoms with van der Waals surface area (Å²) in [5.74, 6) is 6.19. The summed E-state index contributed by atoms with van der Waals surface area (Å²) in [6.07, 6.45) is 1.06. The Morgan fingerprint density at radius 3 is 2.84 bits per heavy atom. The molecule has 0 aliphatic rings. The molecule has 0 unspecified atom stereocenters. The first-order chi connectivity index (χ1) is 9.04. The van der Waals surface area contributed by atoms with Crippen LogP contribution >= 0.6 is 11.8 Å². The van der Waals surface area contributed by atoms with Gasteiger partial charge in [0.05, 0.1) is 4.92 Å². The molecule has 5 nitrogen and oxygen atoms in total. The van der Waals surface area contributed by atoms with E-state index in [2.05, 4.69) is 11.8 Å². The highest BCUT2D eigenvalue weighted by Gasteiger charge is 2.08. The van der Waals surface area contributed by atoms with Crippen molar-refractivity contribution in [1.82, 2.24) is 0 Å². The molecule has 0 saturated carbocycles. The van der Waals surface area contributed by atoms with E-state index < -0.39 is 4.92 Å². The van der Waals surface area contributed by atoms with Gasteiger partial charge in [-0.15, -0.1) is 0 Å². The lowest BCUT2D eigenvalue weighted by Crippen LogP contribution is -1.93. The molecule has 0 amide bonds. The Hall–Kier alpha value is -2.13. The number of aldehydes is 1. The number of nitro benzene ring substituents is 1. The van der Waals surface area contributed by atoms with E-state index in [9.17, 15) is 19.7 Å². The minimum absolute atomic E-state index is 0.0331. The molecule has 0 heterocycles. The molecule has 0 aliphatic carbocycles. The molecule has 0 N–H and O–H groups in total. The van der Waals surface area contributed by atoms with Gasteiger partial charge in [0.2, 0.25) is 0 Å². The van der Waals surface area contributed by atoms with E-state index in [0.29, 0.717) is 24.0 Å². The third-order valence-corrected chi connectivity index (χ3v) is 2.94. The number of hydrogen-bond donors (Lipinski definition) is 0. The maximum absolute atomic E-state index is 10.8. The molecule has 0 fully saturated rings. The summed E-state index contributed by atoms with van der Waals surface area (Å²) in [6, 6.07) is 3.95. The number of carbonyl (C=O) groups excluding carboxylic acids is 2. The first-order valence-electron chi connectivity index (χ1n) is 5.40. The zero-order chi connectivity index (χ0) is 14.3. The van der Waals surface area contributed by atoms with Gasteiger partial charge in [0.15, 0.2) is 11.4 Å². The van der Waals surface area contributed by atoms with Crippen molar-refractivity contribution < 1.29 is 14.5 Å². The predicted molar refractivity (Wildman–Crippen MR) is 73.1 cm³/mol. The molecule has 0 aliphatic heterocycles. The number of carbonyl (C=O) groups is 2. The fraction of sp³-hybridized carbons (Fsp3) is 0.231. The molecule has 0 radical (unpaired) electrons. The number of hydrogen-bond acceptors (Lipinski definition) is 5. The van der Waals surface area contributed by atoms with Gasteiger partial charge in [-0.3, -0.25) is 19.7 Å². The number of non-ortho nitro benzene ring substituents is 1. The Labute approximate surface area is 114 Å². The highest BCUT2D eigenvalue weighted by atomic mass is 32.2. The molecule has 1 aromatic rings. The fourth-order valence-corrected chi connectivity index (χ4v) is 1.77. The molecule has 1 rings (SSSR count). The summed E-state index contributed by atoms with van der Waals surface area (Å²) in [4.78, 5) is 31.5. The van der Waals surface area contributed by atoms with Crippen molar-refractivity contribution in [3.8, 4) is 11.8 Å². The fourth-order valence-electron chi connectivity index (χ4n) is 1.28. The zero-order valence-corrected chi connectivity index (χ0v) is 11.0. The van der Waals surface area contributed by atoms with E-state index in [4.69, 9.17) is 0 Å². The minimum atomic E-state index is -0.562. The molecule has 0 bridgehead atoms. The van der Waals surface area contributed by atoms with Crippen molar-refractivity contribution in [2.75, 3.05) is 5.75 Å². The van der Waals surface area contributed by atoms with Gasteiger partial charge < -0.3 is 0 Å². The van der Waals surface area contributed by atoms with Crippen molar-refractivity contribution in [3.63, 3.8) is 0 Å². The van der Waals surface area contributed by atoms with Crippen LogP contribution in [0.5, 0.6) is 0 Å². The van der Waals surface area contributed by atoms with Crippen LogP contribution in [-0.2, 0) is 4.79 Å². The van der Waals surface area contributed by atoms with Gasteiger partial charge in [0.25, 0.3) is 5.69 Å². The predicted octanol–water partition coefficient (Wildman–Crippen LogP) is 2.43. The van der Waals surface area contributed by atoms with Gasteiger partial charge in [0, 0.05) is 42.4 Å². The summed E-state index contributed by atoms with van der Waals surface area (Å²) >= 11 is 1.18. The van der Waals surface area contributed by atoms with Gasteiger partial charge in [-0.25, -0.2) is 0 Å². The summed E-state index contributed by atoms with van der Waals surface area (Å²) < 4.78 is 0. The number of rotatable bonds is 4. The van der Waals surface area contributed by atoms with Gasteiger partial charge in [-0.2, -0.15) is 0 Å². The highest BCUT2D eigenvalue weighted by molar-refractivity contribution is 8.13. The molecular weight excluding hydrogens is 266 g/mol. The van der Waals surface area contributed by atoms with Crippen LogP contribution in [0.25, 0.3) is 0 Å². The van der Waals surface area contributed by atoms with Crippen LogP contribution < -0.4 is 0 Å². The highest BCUT2D eigenvalue weighted by Crippen LogP contribution is 2.15. The maximum atomic E-state index is 10.8. The topological polar surface area (TPSA) is 77.3 Å². The normalized spacial score (nSPS) is 9.32. The standard InChI is InChI=1S/C13H11NO4S/c1-10(16)19-7-3-2-4-11-5-6-13(14(17)18)8-12(11)9-15/h5-6,8-9H,3,7H2,1H3. The summed E-state index contributed by atoms with van der Waals surface area (Å²) in [7, 11) is 0. The van der Waals surface area contributed by atoms with Crippen molar-refractivity contribution >= 4 is 28.9 Å². The smallest absolute Gasteiger partial charge is 0.270 e. The second-order valence-electron chi connectivity index (χ2n) is 3.54. The van der Waals surface area contributed by atoms with Gasteiger partial charge >= 0.3 is 0 Å². The lowest BCUT2D eigenvalue weighted by Gasteiger charge is -1.96. The Balaban J connectivity index is 2.78. The van der Waals surface area contributed by atoms with Gasteiger partial charge in [-0.1, -0.05) is 23.6 Å². The number of thioether (sulfide) groups is 1. The van der Waals surface area contributed by atoms with Crippen LogP contribution in [0.3, 0.4) is 0 Å². The van der Waals surface area contributed by atoms with Crippen LogP contribution in [0.1, 0.15) is 29.3 Å². The molecular formula is C13H11NO4S. The van der Waals surface area contributed by atoms with Crippen molar-refractivity contribution in [1.29, 1.82) is 0 Å². The maximum Gasteiger partial charge on any atom is 0.270 e. The van der Waals surface area contributed by atoms with Crippen molar-refractivity contribution in [2.45, 2.75) is 13.3 Å². The third-order valence-electron chi connectivity index (χ3n) is 2.13. The summed E-state index contributed by atoms with van der Waals surface area (Å²) in [5.41, 5.74) is 0.508. The van der Waals surface area contributed by atoms with Crippen molar-refractivity contribution in [2.24, 2.45) is 0 Å². The summed E-state index contributed by atoms with van der Waals surface area (Å²) in [6.45, 7) is 1.49. The number of nitrogens with zero attached hydrogens (tertiary/aromatic N) is 1. The average molecular weight is 277 g/mol. The number of nitro groups is 1. The SMILES string of the molecule is CC(=O)SCCC#Cc1ccc([N+](=O)[O-])cc1C=O. The van der Waals surface area contributed by atoms with Crippen LogP contribution in [0.2, 0.25) is 0 Å². The minimum Gasteiger partial charge on any atom is -0.298 e. The van der Waals surface area contributed by atoms with Crippen molar-refractivity contribution in [3.05, 3.63) is 39.4 Å².